The van der Waals surface area contributed by atoms with Crippen LogP contribution in [0.3, 0.4) is 0 Å². The molecule has 0 atom stereocenters. The highest BCUT2D eigenvalue weighted by Crippen LogP contribution is 2.28. The lowest BCUT2D eigenvalue weighted by atomic mass is 10.1. The zero-order chi connectivity index (χ0) is 11.7. The number of furan rings is 1. The van der Waals surface area contributed by atoms with Gasteiger partial charge in [0.2, 0.25) is 5.76 Å². The van der Waals surface area contributed by atoms with Crippen LogP contribution in [0.25, 0.3) is 11.0 Å². The predicted octanol–water partition coefficient (Wildman–Crippen LogP) is 2.84. The Morgan fingerprint density at radius 1 is 1.50 bits per heavy atom. The lowest BCUT2D eigenvalue weighted by Gasteiger charge is -2.01. The summed E-state index contributed by atoms with van der Waals surface area (Å²) in [5, 5.41) is 9.72. The number of aryl methyl sites for hydroxylation is 1. The molecule has 16 heavy (non-hydrogen) atoms. The third kappa shape index (κ3) is 1.62. The summed E-state index contributed by atoms with van der Waals surface area (Å²) in [6.07, 6.45) is 0. The molecule has 0 fully saturated rings. The molecule has 0 radical (unpaired) electrons. The summed E-state index contributed by atoms with van der Waals surface area (Å²) >= 11 is 0. The normalized spacial score (nSPS) is 10.6. The van der Waals surface area contributed by atoms with Gasteiger partial charge in [-0.05, 0) is 26.0 Å². The summed E-state index contributed by atoms with van der Waals surface area (Å²) in [4.78, 5) is 10.9. The van der Waals surface area contributed by atoms with Crippen LogP contribution in [0.5, 0.6) is 5.75 Å². The van der Waals surface area contributed by atoms with Gasteiger partial charge >= 0.3 is 5.97 Å². The third-order valence-electron chi connectivity index (χ3n) is 2.41. The highest BCUT2D eigenvalue weighted by Gasteiger charge is 2.16. The fraction of sp³-hybridized carbons (Fsp3) is 0.250. The van der Waals surface area contributed by atoms with Gasteiger partial charge in [0.1, 0.15) is 11.3 Å². The number of ether oxygens (including phenoxy) is 1. The standard InChI is InChI=1S/C12H12O4/c1-3-15-8-4-5-9-7(2)11(12(13)14)16-10(9)6-8/h4-6H,3H2,1-2H3,(H,13,14). The second-order valence-corrected chi connectivity index (χ2v) is 3.45. The maximum atomic E-state index is 10.9. The molecule has 4 heteroatoms. The first-order valence-corrected chi connectivity index (χ1v) is 5.02. The smallest absolute Gasteiger partial charge is 0.372 e. The Morgan fingerprint density at radius 2 is 2.25 bits per heavy atom. The SMILES string of the molecule is CCOc1ccc2c(C)c(C(=O)O)oc2c1. The summed E-state index contributed by atoms with van der Waals surface area (Å²) < 4.78 is 10.6. The van der Waals surface area contributed by atoms with E-state index < -0.39 is 5.97 Å². The number of fused-ring (bicyclic) bond motifs is 1. The monoisotopic (exact) mass is 220 g/mol. The Balaban J connectivity index is 2.58. The van der Waals surface area contributed by atoms with E-state index in [1.54, 1.807) is 19.1 Å². The molecule has 0 spiro atoms. The predicted molar refractivity (Wildman–Crippen MR) is 59.1 cm³/mol. The van der Waals surface area contributed by atoms with Gasteiger partial charge in [-0.2, -0.15) is 0 Å². The highest BCUT2D eigenvalue weighted by atomic mass is 16.5. The van der Waals surface area contributed by atoms with Gasteiger partial charge < -0.3 is 14.3 Å². The number of aromatic carboxylic acids is 1. The first-order chi connectivity index (χ1) is 7.63. The summed E-state index contributed by atoms with van der Waals surface area (Å²) in [5.74, 6) is -0.379. The van der Waals surface area contributed by atoms with E-state index in [2.05, 4.69) is 0 Å². The van der Waals surface area contributed by atoms with Crippen molar-refractivity contribution < 1.29 is 19.1 Å². The van der Waals surface area contributed by atoms with Crippen molar-refractivity contribution in [1.82, 2.24) is 0 Å². The lowest BCUT2D eigenvalue weighted by Crippen LogP contribution is -1.94. The minimum atomic E-state index is -1.05. The second-order valence-electron chi connectivity index (χ2n) is 3.45. The first-order valence-electron chi connectivity index (χ1n) is 5.02. The number of rotatable bonds is 3. The van der Waals surface area contributed by atoms with Crippen LogP contribution < -0.4 is 4.74 Å². The molecule has 0 aliphatic rings. The fourth-order valence-electron chi connectivity index (χ4n) is 1.67. The van der Waals surface area contributed by atoms with Crippen molar-refractivity contribution in [2.75, 3.05) is 6.61 Å². The fourth-order valence-corrected chi connectivity index (χ4v) is 1.67. The quantitative estimate of drug-likeness (QED) is 0.863. The molecule has 0 unspecified atom stereocenters. The van der Waals surface area contributed by atoms with Crippen LogP contribution in [-0.4, -0.2) is 17.7 Å². The average Bonchev–Trinajstić information content (AvgIpc) is 2.56. The van der Waals surface area contributed by atoms with E-state index in [-0.39, 0.29) is 5.76 Å². The van der Waals surface area contributed by atoms with Crippen molar-refractivity contribution >= 4 is 16.9 Å². The highest BCUT2D eigenvalue weighted by molar-refractivity contribution is 5.95. The van der Waals surface area contributed by atoms with Crippen molar-refractivity contribution in [3.8, 4) is 5.75 Å². The number of hydrogen-bond acceptors (Lipinski definition) is 3. The molecule has 0 saturated heterocycles. The summed E-state index contributed by atoms with van der Waals surface area (Å²) in [5.41, 5.74) is 1.19. The van der Waals surface area contributed by atoms with E-state index in [4.69, 9.17) is 14.3 Å². The minimum Gasteiger partial charge on any atom is -0.494 e. The van der Waals surface area contributed by atoms with Crippen LogP contribution in [0.1, 0.15) is 23.0 Å². The van der Waals surface area contributed by atoms with E-state index >= 15 is 0 Å². The molecular weight excluding hydrogens is 208 g/mol. The van der Waals surface area contributed by atoms with E-state index in [0.29, 0.717) is 23.5 Å². The van der Waals surface area contributed by atoms with Crippen molar-refractivity contribution in [2.45, 2.75) is 13.8 Å². The molecule has 2 rings (SSSR count). The van der Waals surface area contributed by atoms with Gasteiger partial charge in [0.05, 0.1) is 6.61 Å². The van der Waals surface area contributed by atoms with Gasteiger partial charge in [0.15, 0.2) is 0 Å². The Hall–Kier alpha value is -1.97. The molecule has 84 valence electrons. The lowest BCUT2D eigenvalue weighted by molar-refractivity contribution is 0.0664. The molecule has 1 heterocycles. The van der Waals surface area contributed by atoms with Crippen LogP contribution in [0.2, 0.25) is 0 Å². The average molecular weight is 220 g/mol. The number of benzene rings is 1. The zero-order valence-corrected chi connectivity index (χ0v) is 9.11. The molecule has 0 saturated carbocycles. The number of carbonyl (C=O) groups is 1. The number of carboxylic acid groups (broad SMARTS) is 1. The van der Waals surface area contributed by atoms with Crippen LogP contribution >= 0.6 is 0 Å². The topological polar surface area (TPSA) is 59.7 Å². The Morgan fingerprint density at radius 3 is 2.88 bits per heavy atom. The third-order valence-corrected chi connectivity index (χ3v) is 2.41. The Labute approximate surface area is 92.4 Å². The van der Waals surface area contributed by atoms with Crippen molar-refractivity contribution in [1.29, 1.82) is 0 Å². The van der Waals surface area contributed by atoms with Gasteiger partial charge in [0, 0.05) is 17.0 Å². The van der Waals surface area contributed by atoms with E-state index in [1.807, 2.05) is 13.0 Å². The van der Waals surface area contributed by atoms with Crippen LogP contribution in [0, 0.1) is 6.92 Å². The largest absolute Gasteiger partial charge is 0.494 e. The van der Waals surface area contributed by atoms with E-state index in [0.717, 1.165) is 5.39 Å². The van der Waals surface area contributed by atoms with Crippen molar-refractivity contribution in [3.05, 3.63) is 29.5 Å². The van der Waals surface area contributed by atoms with Gasteiger partial charge in [-0.1, -0.05) is 0 Å². The maximum absolute atomic E-state index is 10.9. The van der Waals surface area contributed by atoms with Gasteiger partial charge in [0.25, 0.3) is 0 Å². The maximum Gasteiger partial charge on any atom is 0.372 e. The number of carboxylic acids is 1. The van der Waals surface area contributed by atoms with Crippen LogP contribution in [-0.2, 0) is 0 Å². The zero-order valence-electron chi connectivity index (χ0n) is 9.11. The van der Waals surface area contributed by atoms with Crippen molar-refractivity contribution in [2.24, 2.45) is 0 Å². The van der Waals surface area contributed by atoms with Crippen molar-refractivity contribution in [3.63, 3.8) is 0 Å². The van der Waals surface area contributed by atoms with Gasteiger partial charge in [-0.25, -0.2) is 4.79 Å². The first kappa shape index (κ1) is 10.5. The van der Waals surface area contributed by atoms with Gasteiger partial charge in [-0.3, -0.25) is 0 Å². The van der Waals surface area contributed by atoms with Crippen LogP contribution in [0.4, 0.5) is 0 Å². The summed E-state index contributed by atoms with van der Waals surface area (Å²) in [7, 11) is 0. The molecule has 0 aliphatic heterocycles. The summed E-state index contributed by atoms with van der Waals surface area (Å²) in [6, 6.07) is 5.32. The molecule has 1 aromatic heterocycles. The molecule has 0 bridgehead atoms. The second kappa shape index (κ2) is 3.89. The molecule has 1 aromatic carbocycles. The van der Waals surface area contributed by atoms with E-state index in [1.165, 1.54) is 0 Å². The molecule has 1 N–H and O–H groups in total. The Bertz CT molecular complexity index is 539. The molecule has 0 amide bonds. The number of hydrogen-bond donors (Lipinski definition) is 1. The molecular formula is C12H12O4. The van der Waals surface area contributed by atoms with Gasteiger partial charge in [-0.15, -0.1) is 0 Å². The van der Waals surface area contributed by atoms with E-state index in [9.17, 15) is 4.79 Å². The molecule has 2 aromatic rings. The molecule has 4 nitrogen and oxygen atoms in total. The van der Waals surface area contributed by atoms with Crippen LogP contribution in [0.15, 0.2) is 22.6 Å². The summed E-state index contributed by atoms with van der Waals surface area (Å²) in [6.45, 7) is 4.19. The molecule has 0 aliphatic carbocycles. The minimum absolute atomic E-state index is 0.0105. The Kier molecular flexibility index (Phi) is 2.56.